The molecule has 1 aliphatic rings. The van der Waals surface area contributed by atoms with Gasteiger partial charge in [-0.1, -0.05) is 20.8 Å². The van der Waals surface area contributed by atoms with Gasteiger partial charge in [-0.25, -0.2) is 0 Å². The molecule has 1 atom stereocenters. The average molecular weight is 266 g/mol. The lowest BCUT2D eigenvalue weighted by Crippen LogP contribution is -2.43. The highest BCUT2D eigenvalue weighted by atomic mass is 28.4. The van der Waals surface area contributed by atoms with Gasteiger partial charge in [-0.05, 0) is 36.3 Å². The molecule has 1 heterocycles. The van der Waals surface area contributed by atoms with Crippen molar-refractivity contribution in [1.29, 1.82) is 0 Å². The van der Waals surface area contributed by atoms with Gasteiger partial charge in [0.2, 0.25) is 8.32 Å². The van der Waals surface area contributed by atoms with Gasteiger partial charge in [0.15, 0.2) is 0 Å². The summed E-state index contributed by atoms with van der Waals surface area (Å²) in [7, 11) is -1.82. The van der Waals surface area contributed by atoms with Crippen molar-refractivity contribution in [2.75, 3.05) is 6.61 Å². The SMILES string of the molecule is CC(C)(C)[Si](C)(C)Oc1ccc2c(c1)C(O)CO2. The molecule has 0 amide bonds. The fourth-order valence-electron chi connectivity index (χ4n) is 1.69. The summed E-state index contributed by atoms with van der Waals surface area (Å²) in [5.41, 5.74) is 0.839. The molecule has 0 radical (unpaired) electrons. The van der Waals surface area contributed by atoms with E-state index in [-0.39, 0.29) is 5.04 Å². The van der Waals surface area contributed by atoms with Crippen LogP contribution in [-0.2, 0) is 0 Å². The van der Waals surface area contributed by atoms with Crippen LogP contribution >= 0.6 is 0 Å². The number of hydrogen-bond acceptors (Lipinski definition) is 3. The Morgan fingerprint density at radius 1 is 1.33 bits per heavy atom. The average Bonchev–Trinajstić information content (AvgIpc) is 2.58. The summed E-state index contributed by atoms with van der Waals surface area (Å²) < 4.78 is 11.6. The first kappa shape index (κ1) is 13.4. The van der Waals surface area contributed by atoms with Crippen LogP contribution in [0.15, 0.2) is 18.2 Å². The number of aliphatic hydroxyl groups is 1. The Labute approximate surface area is 110 Å². The first-order valence-corrected chi connectivity index (χ1v) is 9.25. The van der Waals surface area contributed by atoms with Crippen LogP contribution in [0.3, 0.4) is 0 Å². The zero-order valence-corrected chi connectivity index (χ0v) is 12.8. The Kier molecular flexibility index (Phi) is 3.19. The minimum absolute atomic E-state index is 0.168. The smallest absolute Gasteiger partial charge is 0.250 e. The van der Waals surface area contributed by atoms with Crippen LogP contribution in [0, 0.1) is 0 Å². The lowest BCUT2D eigenvalue weighted by Gasteiger charge is -2.36. The molecular weight excluding hydrogens is 244 g/mol. The van der Waals surface area contributed by atoms with E-state index in [1.807, 2.05) is 18.2 Å². The van der Waals surface area contributed by atoms with E-state index in [1.165, 1.54) is 0 Å². The summed E-state index contributed by atoms with van der Waals surface area (Å²) in [6.07, 6.45) is -0.525. The summed E-state index contributed by atoms with van der Waals surface area (Å²) in [4.78, 5) is 0. The van der Waals surface area contributed by atoms with Crippen molar-refractivity contribution < 1.29 is 14.3 Å². The Morgan fingerprint density at radius 2 is 2.00 bits per heavy atom. The molecule has 1 aromatic rings. The van der Waals surface area contributed by atoms with Gasteiger partial charge >= 0.3 is 0 Å². The predicted octanol–water partition coefficient (Wildman–Crippen LogP) is 3.50. The minimum atomic E-state index is -1.82. The summed E-state index contributed by atoms with van der Waals surface area (Å²) in [6.45, 7) is 11.4. The van der Waals surface area contributed by atoms with Crippen molar-refractivity contribution in [2.24, 2.45) is 0 Å². The molecule has 0 aromatic heterocycles. The molecule has 3 nitrogen and oxygen atoms in total. The summed E-state index contributed by atoms with van der Waals surface area (Å²) in [5.74, 6) is 1.61. The van der Waals surface area contributed by atoms with Crippen LogP contribution in [0.1, 0.15) is 32.4 Å². The predicted molar refractivity (Wildman–Crippen MR) is 74.7 cm³/mol. The van der Waals surface area contributed by atoms with Crippen molar-refractivity contribution in [3.8, 4) is 11.5 Å². The van der Waals surface area contributed by atoms with E-state index in [4.69, 9.17) is 9.16 Å². The molecule has 18 heavy (non-hydrogen) atoms. The van der Waals surface area contributed by atoms with Crippen molar-refractivity contribution in [3.05, 3.63) is 23.8 Å². The topological polar surface area (TPSA) is 38.7 Å². The molecule has 0 saturated carbocycles. The third-order valence-corrected chi connectivity index (χ3v) is 8.27. The molecule has 2 rings (SSSR count). The standard InChI is InChI=1S/C14H22O3Si/c1-14(2,3)18(4,5)17-10-6-7-13-11(8-10)12(15)9-16-13/h6-8,12,15H,9H2,1-5H3. The van der Waals surface area contributed by atoms with Gasteiger partial charge in [-0.3, -0.25) is 0 Å². The maximum Gasteiger partial charge on any atom is 0.250 e. The number of rotatable bonds is 2. The maximum absolute atomic E-state index is 9.79. The second kappa shape index (κ2) is 4.28. The molecule has 0 bridgehead atoms. The minimum Gasteiger partial charge on any atom is -0.543 e. The molecule has 1 unspecified atom stereocenters. The molecule has 1 aromatic carbocycles. The monoisotopic (exact) mass is 266 g/mol. The molecular formula is C14H22O3Si. The summed E-state index contributed by atoms with van der Waals surface area (Å²) in [6, 6.07) is 5.72. The Hall–Kier alpha value is -1.00. The first-order valence-electron chi connectivity index (χ1n) is 6.34. The van der Waals surface area contributed by atoms with Gasteiger partial charge in [0.25, 0.3) is 0 Å². The molecule has 100 valence electrons. The molecule has 0 saturated heterocycles. The Morgan fingerprint density at radius 3 is 2.61 bits per heavy atom. The van der Waals surface area contributed by atoms with Gasteiger partial charge in [0, 0.05) is 5.56 Å². The molecule has 4 heteroatoms. The second-order valence-electron chi connectivity index (χ2n) is 6.39. The van der Waals surface area contributed by atoms with Crippen LogP contribution in [-0.4, -0.2) is 20.0 Å². The highest BCUT2D eigenvalue weighted by Gasteiger charge is 2.39. The van der Waals surface area contributed by atoms with E-state index in [0.717, 1.165) is 17.1 Å². The van der Waals surface area contributed by atoms with Crippen molar-refractivity contribution in [1.82, 2.24) is 0 Å². The number of fused-ring (bicyclic) bond motifs is 1. The van der Waals surface area contributed by atoms with Crippen LogP contribution < -0.4 is 9.16 Å². The molecule has 0 fully saturated rings. The maximum atomic E-state index is 9.79. The molecule has 0 aliphatic carbocycles. The fourth-order valence-corrected chi connectivity index (χ4v) is 2.71. The number of aliphatic hydroxyl groups excluding tert-OH is 1. The number of benzene rings is 1. The van der Waals surface area contributed by atoms with E-state index < -0.39 is 14.4 Å². The molecule has 1 aliphatic heterocycles. The van der Waals surface area contributed by atoms with Gasteiger partial charge in [-0.15, -0.1) is 0 Å². The van der Waals surface area contributed by atoms with Crippen LogP contribution in [0.5, 0.6) is 11.5 Å². The third kappa shape index (κ3) is 2.40. The fraction of sp³-hybridized carbons (Fsp3) is 0.571. The lowest BCUT2D eigenvalue weighted by atomic mass is 10.1. The zero-order chi connectivity index (χ0) is 13.6. The van der Waals surface area contributed by atoms with Crippen LogP contribution in [0.4, 0.5) is 0 Å². The first-order chi connectivity index (χ1) is 8.21. The second-order valence-corrected chi connectivity index (χ2v) is 11.1. The quantitative estimate of drug-likeness (QED) is 0.833. The normalized spacial score (nSPS) is 19.3. The van der Waals surface area contributed by atoms with E-state index in [1.54, 1.807) is 0 Å². The molecule has 0 spiro atoms. The van der Waals surface area contributed by atoms with Crippen LogP contribution in [0.25, 0.3) is 0 Å². The van der Waals surface area contributed by atoms with Crippen molar-refractivity contribution in [2.45, 2.75) is 45.0 Å². The highest BCUT2D eigenvalue weighted by Crippen LogP contribution is 2.40. The van der Waals surface area contributed by atoms with Crippen molar-refractivity contribution >= 4 is 8.32 Å². The van der Waals surface area contributed by atoms with E-state index in [2.05, 4.69) is 33.9 Å². The number of hydrogen-bond donors (Lipinski definition) is 1. The number of ether oxygens (including phenoxy) is 1. The van der Waals surface area contributed by atoms with Gasteiger partial charge in [-0.2, -0.15) is 0 Å². The van der Waals surface area contributed by atoms with Gasteiger partial charge in [0.1, 0.15) is 24.2 Å². The van der Waals surface area contributed by atoms with Crippen molar-refractivity contribution in [3.63, 3.8) is 0 Å². The summed E-state index contributed by atoms with van der Waals surface area (Å²) >= 11 is 0. The largest absolute Gasteiger partial charge is 0.543 e. The van der Waals surface area contributed by atoms with E-state index in [9.17, 15) is 5.11 Å². The lowest BCUT2D eigenvalue weighted by molar-refractivity contribution is 0.140. The summed E-state index contributed by atoms with van der Waals surface area (Å²) in [5, 5.41) is 9.96. The third-order valence-electron chi connectivity index (χ3n) is 3.92. The molecule has 1 N–H and O–H groups in total. The van der Waals surface area contributed by atoms with Crippen LogP contribution in [0.2, 0.25) is 18.1 Å². The highest BCUT2D eigenvalue weighted by molar-refractivity contribution is 6.74. The van der Waals surface area contributed by atoms with Gasteiger partial charge < -0.3 is 14.3 Å². The van der Waals surface area contributed by atoms with Gasteiger partial charge in [0.05, 0.1) is 0 Å². The Bertz CT molecular complexity index is 449. The Balaban J connectivity index is 2.24. The van der Waals surface area contributed by atoms with E-state index >= 15 is 0 Å². The van der Waals surface area contributed by atoms with E-state index in [0.29, 0.717) is 6.61 Å². The zero-order valence-electron chi connectivity index (χ0n) is 11.8.